The van der Waals surface area contributed by atoms with Gasteiger partial charge in [0.1, 0.15) is 6.54 Å². The number of hydrogen-bond donors (Lipinski definition) is 1. The van der Waals surface area contributed by atoms with E-state index >= 15 is 0 Å². The Balaban J connectivity index is 1.98. The molecule has 0 spiro atoms. The number of carbonyl (C=O) groups is 1. The van der Waals surface area contributed by atoms with Crippen LogP contribution in [-0.2, 0) is 21.2 Å². The number of rotatable bonds is 7. The van der Waals surface area contributed by atoms with E-state index in [-0.39, 0.29) is 11.4 Å². The monoisotopic (exact) mass is 422 g/mol. The molecular weight excluding hydrogens is 396 g/mol. The molecule has 1 N–H and O–H groups in total. The van der Waals surface area contributed by atoms with Gasteiger partial charge in [-0.1, -0.05) is 61.0 Å². The minimum atomic E-state index is -3.92. The molecule has 0 aliphatic carbocycles. The van der Waals surface area contributed by atoms with Crippen molar-refractivity contribution in [3.63, 3.8) is 0 Å². The van der Waals surface area contributed by atoms with E-state index in [2.05, 4.69) is 5.32 Å². The highest BCUT2D eigenvalue weighted by Gasteiger charge is 2.28. The van der Waals surface area contributed by atoms with Crippen molar-refractivity contribution in [2.75, 3.05) is 16.2 Å². The van der Waals surface area contributed by atoms with Gasteiger partial charge in [0.25, 0.3) is 10.0 Å². The summed E-state index contributed by atoms with van der Waals surface area (Å²) in [5.74, 6) is -0.393. The molecule has 0 saturated heterocycles. The van der Waals surface area contributed by atoms with E-state index in [1.807, 2.05) is 57.2 Å². The van der Waals surface area contributed by atoms with Crippen molar-refractivity contribution in [3.05, 3.63) is 89.5 Å². The maximum atomic E-state index is 13.4. The van der Waals surface area contributed by atoms with E-state index in [0.29, 0.717) is 11.4 Å². The highest BCUT2D eigenvalue weighted by atomic mass is 32.2. The molecule has 0 bridgehead atoms. The van der Waals surface area contributed by atoms with Gasteiger partial charge in [-0.05, 0) is 55.7 Å². The molecule has 30 heavy (non-hydrogen) atoms. The fourth-order valence-electron chi connectivity index (χ4n) is 3.38. The number of benzene rings is 3. The van der Waals surface area contributed by atoms with Crippen LogP contribution >= 0.6 is 0 Å². The maximum absolute atomic E-state index is 13.4. The molecule has 0 aliphatic heterocycles. The third-order valence-electron chi connectivity index (χ3n) is 4.91. The zero-order valence-electron chi connectivity index (χ0n) is 17.4. The van der Waals surface area contributed by atoms with Crippen LogP contribution in [0.1, 0.15) is 23.6 Å². The Morgan fingerprint density at radius 3 is 2.27 bits per heavy atom. The Kier molecular flexibility index (Phi) is 6.57. The van der Waals surface area contributed by atoms with Gasteiger partial charge in [0, 0.05) is 5.69 Å². The first kappa shape index (κ1) is 21.6. The first-order valence-electron chi connectivity index (χ1n) is 9.85. The Bertz CT molecular complexity index is 1140. The van der Waals surface area contributed by atoms with Gasteiger partial charge in [-0.15, -0.1) is 0 Å². The van der Waals surface area contributed by atoms with Gasteiger partial charge in [0.2, 0.25) is 5.91 Å². The largest absolute Gasteiger partial charge is 0.324 e. The molecule has 0 atom stereocenters. The summed E-state index contributed by atoms with van der Waals surface area (Å²) in [4.78, 5) is 13.0. The van der Waals surface area contributed by atoms with Gasteiger partial charge in [0.05, 0.1) is 10.6 Å². The number of carbonyl (C=O) groups excluding carboxylic acids is 1. The molecule has 0 unspecified atom stereocenters. The minimum Gasteiger partial charge on any atom is -0.324 e. The molecule has 0 fully saturated rings. The molecule has 6 heteroatoms. The molecule has 156 valence electrons. The standard InChI is InChI=1S/C24H26N2O3S/c1-4-20-10-8-9-13-22(20)25-24(27)17-26(23-15-14-18(2)16-19(23)3)30(28,29)21-11-6-5-7-12-21/h5-16H,4,17H2,1-3H3,(H,25,27). The number of para-hydroxylation sites is 1. The summed E-state index contributed by atoms with van der Waals surface area (Å²) in [7, 11) is -3.92. The normalized spacial score (nSPS) is 11.2. The summed E-state index contributed by atoms with van der Waals surface area (Å²) in [5.41, 5.74) is 3.99. The van der Waals surface area contributed by atoms with Crippen molar-refractivity contribution in [1.82, 2.24) is 0 Å². The molecule has 3 rings (SSSR count). The third-order valence-corrected chi connectivity index (χ3v) is 6.69. The van der Waals surface area contributed by atoms with Gasteiger partial charge in [-0.25, -0.2) is 8.42 Å². The van der Waals surface area contributed by atoms with Crippen LogP contribution in [0.15, 0.2) is 77.7 Å². The Labute approximate surface area is 178 Å². The SMILES string of the molecule is CCc1ccccc1NC(=O)CN(c1ccc(C)cc1C)S(=O)(=O)c1ccccc1. The Morgan fingerprint density at radius 2 is 1.60 bits per heavy atom. The summed E-state index contributed by atoms with van der Waals surface area (Å²) >= 11 is 0. The fraction of sp³-hybridized carbons (Fsp3) is 0.208. The van der Waals surface area contributed by atoms with E-state index in [9.17, 15) is 13.2 Å². The summed E-state index contributed by atoms with van der Waals surface area (Å²) in [5, 5.41) is 2.87. The van der Waals surface area contributed by atoms with Crippen LogP contribution < -0.4 is 9.62 Å². The lowest BCUT2D eigenvalue weighted by molar-refractivity contribution is -0.114. The fourth-order valence-corrected chi connectivity index (χ4v) is 4.88. The number of hydrogen-bond acceptors (Lipinski definition) is 3. The lowest BCUT2D eigenvalue weighted by atomic mass is 10.1. The molecule has 0 aromatic heterocycles. The number of amides is 1. The summed E-state index contributed by atoms with van der Waals surface area (Å²) < 4.78 is 28.0. The molecule has 0 aliphatic rings. The highest BCUT2D eigenvalue weighted by molar-refractivity contribution is 7.92. The van der Waals surface area contributed by atoms with Crippen molar-refractivity contribution < 1.29 is 13.2 Å². The van der Waals surface area contributed by atoms with E-state index in [1.54, 1.807) is 24.3 Å². The first-order valence-corrected chi connectivity index (χ1v) is 11.3. The number of aryl methyl sites for hydroxylation is 3. The van der Waals surface area contributed by atoms with Crippen molar-refractivity contribution in [2.24, 2.45) is 0 Å². The first-order chi connectivity index (χ1) is 14.3. The van der Waals surface area contributed by atoms with Crippen LogP contribution in [0.5, 0.6) is 0 Å². The smallest absolute Gasteiger partial charge is 0.264 e. The molecule has 5 nitrogen and oxygen atoms in total. The predicted octanol–water partition coefficient (Wildman–Crippen LogP) is 4.70. The molecule has 3 aromatic carbocycles. The molecule has 3 aromatic rings. The van der Waals surface area contributed by atoms with Crippen molar-refractivity contribution in [3.8, 4) is 0 Å². The minimum absolute atomic E-state index is 0.145. The molecule has 0 radical (unpaired) electrons. The van der Waals surface area contributed by atoms with Crippen molar-refractivity contribution in [2.45, 2.75) is 32.1 Å². The summed E-state index contributed by atoms with van der Waals surface area (Å²) in [6, 6.07) is 21.2. The van der Waals surface area contributed by atoms with Crippen LogP contribution in [0.3, 0.4) is 0 Å². The van der Waals surface area contributed by atoms with Crippen LogP contribution in [-0.4, -0.2) is 20.9 Å². The lowest BCUT2D eigenvalue weighted by Crippen LogP contribution is -2.38. The van der Waals surface area contributed by atoms with Crippen LogP contribution in [0, 0.1) is 13.8 Å². The maximum Gasteiger partial charge on any atom is 0.264 e. The van der Waals surface area contributed by atoms with Gasteiger partial charge < -0.3 is 5.32 Å². The van der Waals surface area contributed by atoms with Gasteiger partial charge in [0.15, 0.2) is 0 Å². The van der Waals surface area contributed by atoms with Gasteiger partial charge in [-0.3, -0.25) is 9.10 Å². The average Bonchev–Trinajstić information content (AvgIpc) is 2.73. The molecule has 0 heterocycles. The topological polar surface area (TPSA) is 66.5 Å². The van der Waals surface area contributed by atoms with Crippen LogP contribution in [0.25, 0.3) is 0 Å². The number of sulfonamides is 1. The summed E-state index contributed by atoms with van der Waals surface area (Å²) in [6.07, 6.45) is 0.763. The van der Waals surface area contributed by atoms with Crippen molar-refractivity contribution in [1.29, 1.82) is 0 Å². The average molecular weight is 423 g/mol. The second-order valence-corrected chi connectivity index (χ2v) is 9.04. The second kappa shape index (κ2) is 9.13. The zero-order valence-corrected chi connectivity index (χ0v) is 18.2. The highest BCUT2D eigenvalue weighted by Crippen LogP contribution is 2.28. The summed E-state index contributed by atoms with van der Waals surface area (Å²) in [6.45, 7) is 5.48. The van der Waals surface area contributed by atoms with E-state index in [0.717, 1.165) is 23.1 Å². The second-order valence-electron chi connectivity index (χ2n) is 7.17. The lowest BCUT2D eigenvalue weighted by Gasteiger charge is -2.26. The quantitative estimate of drug-likeness (QED) is 0.600. The van der Waals surface area contributed by atoms with Gasteiger partial charge >= 0.3 is 0 Å². The number of nitrogens with zero attached hydrogens (tertiary/aromatic N) is 1. The number of nitrogens with one attached hydrogen (secondary N) is 1. The van der Waals surface area contributed by atoms with Crippen LogP contribution in [0.4, 0.5) is 11.4 Å². The van der Waals surface area contributed by atoms with Crippen LogP contribution in [0.2, 0.25) is 0 Å². The van der Waals surface area contributed by atoms with Crippen molar-refractivity contribution >= 4 is 27.3 Å². The Hall–Kier alpha value is -3.12. The van der Waals surface area contributed by atoms with E-state index in [4.69, 9.17) is 0 Å². The zero-order chi connectivity index (χ0) is 21.7. The predicted molar refractivity (Wildman–Crippen MR) is 121 cm³/mol. The third kappa shape index (κ3) is 4.71. The Morgan fingerprint density at radius 1 is 0.933 bits per heavy atom. The molecule has 0 saturated carbocycles. The molecular formula is C24H26N2O3S. The van der Waals surface area contributed by atoms with E-state index in [1.165, 1.54) is 16.4 Å². The van der Waals surface area contributed by atoms with E-state index < -0.39 is 15.9 Å². The number of anilines is 2. The van der Waals surface area contributed by atoms with Gasteiger partial charge in [-0.2, -0.15) is 0 Å². The molecule has 1 amide bonds.